The number of nitrogens with two attached hydrogens (primary N) is 1. The van der Waals surface area contributed by atoms with Gasteiger partial charge >= 0.3 is 0 Å². The van der Waals surface area contributed by atoms with Gasteiger partial charge in [0.25, 0.3) is 0 Å². The van der Waals surface area contributed by atoms with Gasteiger partial charge in [-0.25, -0.2) is 0 Å². The summed E-state index contributed by atoms with van der Waals surface area (Å²) >= 11 is 5.93. The molecule has 94 valence electrons. The molecule has 0 atom stereocenters. The molecule has 1 aromatic rings. The SMILES string of the molecule is CCCN(CC)c1ccc(Cl)cc1C(N)=NO. The standard InChI is InChI=1S/C12H18ClN3O/c1-3-7-16(4-2)11-6-5-9(13)8-10(11)12(14)15-17/h5-6,8,17H,3-4,7H2,1-2H3,(H2,14,15). The van der Waals surface area contributed by atoms with Crippen molar-refractivity contribution in [3.8, 4) is 0 Å². The maximum absolute atomic E-state index is 8.79. The Hall–Kier alpha value is -1.42. The molecule has 0 saturated carbocycles. The van der Waals surface area contributed by atoms with Crippen molar-refractivity contribution in [3.05, 3.63) is 28.8 Å². The third-order valence-corrected chi connectivity index (χ3v) is 2.79. The highest BCUT2D eigenvalue weighted by atomic mass is 35.5. The Labute approximate surface area is 107 Å². The molecular formula is C12H18ClN3O. The van der Waals surface area contributed by atoms with E-state index in [-0.39, 0.29) is 5.84 Å². The zero-order chi connectivity index (χ0) is 12.8. The molecular weight excluding hydrogens is 238 g/mol. The van der Waals surface area contributed by atoms with Crippen molar-refractivity contribution in [2.24, 2.45) is 10.9 Å². The van der Waals surface area contributed by atoms with Gasteiger partial charge in [-0.05, 0) is 31.5 Å². The predicted octanol–water partition coefficient (Wildman–Crippen LogP) is 2.67. The lowest BCUT2D eigenvalue weighted by Crippen LogP contribution is -2.27. The van der Waals surface area contributed by atoms with Crippen LogP contribution in [0.1, 0.15) is 25.8 Å². The summed E-state index contributed by atoms with van der Waals surface area (Å²) in [5, 5.41) is 12.4. The van der Waals surface area contributed by atoms with Gasteiger partial charge in [0, 0.05) is 29.4 Å². The summed E-state index contributed by atoms with van der Waals surface area (Å²) in [6.45, 7) is 5.97. The number of amidine groups is 1. The lowest BCUT2D eigenvalue weighted by atomic mass is 10.1. The first-order valence-electron chi connectivity index (χ1n) is 5.66. The summed E-state index contributed by atoms with van der Waals surface area (Å²) in [4.78, 5) is 2.17. The summed E-state index contributed by atoms with van der Waals surface area (Å²) < 4.78 is 0. The second kappa shape index (κ2) is 6.35. The second-order valence-corrected chi connectivity index (χ2v) is 4.16. The van der Waals surface area contributed by atoms with Crippen LogP contribution in [0.5, 0.6) is 0 Å². The fourth-order valence-electron chi connectivity index (χ4n) is 1.76. The Balaban J connectivity index is 3.21. The third kappa shape index (κ3) is 3.27. The summed E-state index contributed by atoms with van der Waals surface area (Å²) in [6, 6.07) is 5.42. The number of oxime groups is 1. The van der Waals surface area contributed by atoms with Crippen molar-refractivity contribution in [1.29, 1.82) is 0 Å². The molecule has 3 N–H and O–H groups in total. The fourth-order valence-corrected chi connectivity index (χ4v) is 1.93. The zero-order valence-corrected chi connectivity index (χ0v) is 10.9. The van der Waals surface area contributed by atoms with Crippen molar-refractivity contribution in [2.75, 3.05) is 18.0 Å². The molecule has 1 rings (SSSR count). The van der Waals surface area contributed by atoms with Gasteiger partial charge in [0.05, 0.1) is 0 Å². The van der Waals surface area contributed by atoms with E-state index in [0.29, 0.717) is 10.6 Å². The summed E-state index contributed by atoms with van der Waals surface area (Å²) in [7, 11) is 0. The maximum Gasteiger partial charge on any atom is 0.172 e. The molecule has 17 heavy (non-hydrogen) atoms. The number of hydrogen-bond donors (Lipinski definition) is 2. The fraction of sp³-hybridized carbons (Fsp3) is 0.417. The normalized spacial score (nSPS) is 11.6. The zero-order valence-electron chi connectivity index (χ0n) is 10.2. The maximum atomic E-state index is 8.79. The van der Waals surface area contributed by atoms with Gasteiger partial charge in [-0.15, -0.1) is 0 Å². The van der Waals surface area contributed by atoms with E-state index in [9.17, 15) is 0 Å². The molecule has 0 aliphatic rings. The summed E-state index contributed by atoms with van der Waals surface area (Å²) in [5.74, 6) is 0.0806. The molecule has 0 aliphatic heterocycles. The summed E-state index contributed by atoms with van der Waals surface area (Å²) in [5.41, 5.74) is 7.27. The lowest BCUT2D eigenvalue weighted by Gasteiger charge is -2.25. The Kier molecular flexibility index (Phi) is 5.10. The van der Waals surface area contributed by atoms with Crippen LogP contribution in [0.25, 0.3) is 0 Å². The minimum atomic E-state index is 0.0806. The van der Waals surface area contributed by atoms with Crippen LogP contribution in [0.3, 0.4) is 0 Å². The van der Waals surface area contributed by atoms with Gasteiger partial charge < -0.3 is 15.8 Å². The smallest absolute Gasteiger partial charge is 0.172 e. The van der Waals surface area contributed by atoms with E-state index in [0.717, 1.165) is 25.2 Å². The molecule has 0 heterocycles. The monoisotopic (exact) mass is 255 g/mol. The average Bonchev–Trinajstić information content (AvgIpc) is 2.35. The predicted molar refractivity (Wildman–Crippen MR) is 72.1 cm³/mol. The van der Waals surface area contributed by atoms with E-state index in [1.54, 1.807) is 6.07 Å². The number of halogens is 1. The van der Waals surface area contributed by atoms with Crippen LogP contribution < -0.4 is 10.6 Å². The Bertz CT molecular complexity index is 407. The van der Waals surface area contributed by atoms with Gasteiger partial charge in [0.2, 0.25) is 0 Å². The topological polar surface area (TPSA) is 61.8 Å². The van der Waals surface area contributed by atoms with Gasteiger partial charge in [0.15, 0.2) is 5.84 Å². The largest absolute Gasteiger partial charge is 0.409 e. The van der Waals surface area contributed by atoms with Gasteiger partial charge in [-0.3, -0.25) is 0 Å². The van der Waals surface area contributed by atoms with Gasteiger partial charge in [-0.2, -0.15) is 0 Å². The van der Waals surface area contributed by atoms with Gasteiger partial charge in [0.1, 0.15) is 0 Å². The minimum absolute atomic E-state index is 0.0806. The van der Waals surface area contributed by atoms with E-state index in [4.69, 9.17) is 22.5 Å². The number of rotatable bonds is 5. The number of hydrogen-bond acceptors (Lipinski definition) is 3. The Morgan fingerprint density at radius 2 is 2.18 bits per heavy atom. The molecule has 0 aromatic heterocycles. The van der Waals surface area contributed by atoms with Crippen LogP contribution in [-0.2, 0) is 0 Å². The van der Waals surface area contributed by atoms with Crippen molar-refractivity contribution in [1.82, 2.24) is 0 Å². The molecule has 5 heteroatoms. The van der Waals surface area contributed by atoms with Crippen LogP contribution in [0, 0.1) is 0 Å². The van der Waals surface area contributed by atoms with Crippen LogP contribution in [0.4, 0.5) is 5.69 Å². The molecule has 0 amide bonds. The highest BCUT2D eigenvalue weighted by molar-refractivity contribution is 6.31. The molecule has 0 saturated heterocycles. The molecule has 0 radical (unpaired) electrons. The molecule has 0 fully saturated rings. The molecule has 0 bridgehead atoms. The van der Waals surface area contributed by atoms with Crippen molar-refractivity contribution in [2.45, 2.75) is 20.3 Å². The Morgan fingerprint density at radius 1 is 1.47 bits per heavy atom. The first-order valence-corrected chi connectivity index (χ1v) is 6.04. The highest BCUT2D eigenvalue weighted by Crippen LogP contribution is 2.24. The van der Waals surface area contributed by atoms with E-state index in [1.807, 2.05) is 12.1 Å². The van der Waals surface area contributed by atoms with Crippen LogP contribution in [0.2, 0.25) is 5.02 Å². The van der Waals surface area contributed by atoms with E-state index in [1.165, 1.54) is 0 Å². The minimum Gasteiger partial charge on any atom is -0.409 e. The highest BCUT2D eigenvalue weighted by Gasteiger charge is 2.12. The van der Waals surface area contributed by atoms with E-state index in [2.05, 4.69) is 23.9 Å². The third-order valence-electron chi connectivity index (χ3n) is 2.56. The number of benzene rings is 1. The number of nitrogens with zero attached hydrogens (tertiary/aromatic N) is 2. The molecule has 1 aromatic carbocycles. The van der Waals surface area contributed by atoms with Crippen molar-refractivity contribution in [3.63, 3.8) is 0 Å². The molecule has 0 unspecified atom stereocenters. The Morgan fingerprint density at radius 3 is 2.71 bits per heavy atom. The van der Waals surface area contributed by atoms with Crippen LogP contribution in [-0.4, -0.2) is 24.1 Å². The first kappa shape index (κ1) is 13.6. The average molecular weight is 256 g/mol. The number of anilines is 1. The lowest BCUT2D eigenvalue weighted by molar-refractivity contribution is 0.318. The molecule has 0 aliphatic carbocycles. The van der Waals surface area contributed by atoms with Crippen LogP contribution >= 0.6 is 11.6 Å². The van der Waals surface area contributed by atoms with E-state index < -0.39 is 0 Å². The quantitative estimate of drug-likeness (QED) is 0.368. The van der Waals surface area contributed by atoms with Gasteiger partial charge in [-0.1, -0.05) is 23.7 Å². The molecule has 0 spiro atoms. The second-order valence-electron chi connectivity index (χ2n) is 3.73. The summed E-state index contributed by atoms with van der Waals surface area (Å²) in [6.07, 6.45) is 1.03. The first-order chi connectivity index (χ1) is 8.13. The van der Waals surface area contributed by atoms with Crippen molar-refractivity contribution < 1.29 is 5.21 Å². The molecule has 4 nitrogen and oxygen atoms in total. The van der Waals surface area contributed by atoms with Crippen molar-refractivity contribution >= 4 is 23.1 Å². The van der Waals surface area contributed by atoms with E-state index >= 15 is 0 Å². The van der Waals surface area contributed by atoms with Crippen LogP contribution in [0.15, 0.2) is 23.4 Å².